The molecule has 0 aliphatic heterocycles. The van der Waals surface area contributed by atoms with Crippen molar-refractivity contribution in [2.45, 2.75) is 50.2 Å². The predicted molar refractivity (Wildman–Crippen MR) is 105 cm³/mol. The maximum absolute atomic E-state index is 13.4. The summed E-state index contributed by atoms with van der Waals surface area (Å²) in [4.78, 5) is 0. The van der Waals surface area contributed by atoms with Gasteiger partial charge in [0.15, 0.2) is 0 Å². The molecule has 1 saturated carbocycles. The van der Waals surface area contributed by atoms with Gasteiger partial charge in [-0.2, -0.15) is 26.3 Å². The zero-order valence-electron chi connectivity index (χ0n) is 17.4. The molecule has 32 heavy (non-hydrogen) atoms. The first-order valence-electron chi connectivity index (χ1n) is 10.3. The van der Waals surface area contributed by atoms with Crippen LogP contribution in [0, 0.1) is 11.7 Å². The van der Waals surface area contributed by atoms with Crippen LogP contribution in [0.4, 0.5) is 30.7 Å². The van der Waals surface area contributed by atoms with E-state index in [9.17, 15) is 30.7 Å². The van der Waals surface area contributed by atoms with Crippen LogP contribution >= 0.6 is 0 Å². The molecule has 2 aromatic carbocycles. The van der Waals surface area contributed by atoms with Crippen LogP contribution in [0.25, 0.3) is 0 Å². The number of alkyl halides is 6. The first-order valence-corrected chi connectivity index (χ1v) is 10.3. The van der Waals surface area contributed by atoms with Crippen molar-refractivity contribution in [3.8, 4) is 0 Å². The third kappa shape index (κ3) is 6.22. The van der Waals surface area contributed by atoms with E-state index in [1.54, 1.807) is 12.1 Å². The number of benzene rings is 2. The highest BCUT2D eigenvalue weighted by molar-refractivity contribution is 5.33. The van der Waals surface area contributed by atoms with E-state index in [4.69, 9.17) is 4.74 Å². The second-order valence-corrected chi connectivity index (χ2v) is 8.16. The van der Waals surface area contributed by atoms with Gasteiger partial charge in [-0.3, -0.25) is 0 Å². The first kappa shape index (κ1) is 24.5. The molecule has 1 aliphatic carbocycles. The summed E-state index contributed by atoms with van der Waals surface area (Å²) in [7, 11) is 1.83. The molecule has 0 amide bonds. The van der Waals surface area contributed by atoms with Gasteiger partial charge in [0, 0.05) is 5.92 Å². The second-order valence-electron chi connectivity index (χ2n) is 8.16. The van der Waals surface area contributed by atoms with E-state index in [2.05, 4.69) is 5.32 Å². The lowest BCUT2D eigenvalue weighted by Gasteiger charge is -2.36. The van der Waals surface area contributed by atoms with E-state index in [-0.39, 0.29) is 24.2 Å². The SMILES string of the molecule is CNC[C@@H]1CC[C@H](OCc2cc(C(F)(F)F)cc(C(F)(F)F)c2)[C@@H](c2ccc(F)cc2)C1. The number of rotatable bonds is 6. The fraction of sp³-hybridized carbons (Fsp3) is 0.478. The quantitative estimate of drug-likeness (QED) is 0.491. The molecule has 2 nitrogen and oxygen atoms in total. The average Bonchev–Trinajstić information content (AvgIpc) is 2.72. The monoisotopic (exact) mass is 463 g/mol. The topological polar surface area (TPSA) is 21.3 Å². The van der Waals surface area contributed by atoms with Gasteiger partial charge in [0.1, 0.15) is 5.82 Å². The lowest BCUT2D eigenvalue weighted by atomic mass is 9.76. The molecule has 3 atom stereocenters. The van der Waals surface area contributed by atoms with Gasteiger partial charge in [0.2, 0.25) is 0 Å². The molecule has 9 heteroatoms. The minimum atomic E-state index is -4.90. The molecule has 0 unspecified atom stereocenters. The number of hydrogen-bond acceptors (Lipinski definition) is 2. The molecule has 0 heterocycles. The van der Waals surface area contributed by atoms with Crippen LogP contribution < -0.4 is 5.32 Å². The molecule has 2 aromatic rings. The largest absolute Gasteiger partial charge is 0.416 e. The van der Waals surface area contributed by atoms with Gasteiger partial charge in [-0.15, -0.1) is 0 Å². The maximum Gasteiger partial charge on any atom is 0.416 e. The van der Waals surface area contributed by atoms with E-state index in [1.165, 1.54) is 12.1 Å². The molecule has 1 aliphatic rings. The highest BCUT2D eigenvalue weighted by Gasteiger charge is 2.37. The minimum Gasteiger partial charge on any atom is -0.373 e. The smallest absolute Gasteiger partial charge is 0.373 e. The van der Waals surface area contributed by atoms with E-state index < -0.39 is 35.4 Å². The molecular weight excluding hydrogens is 439 g/mol. The maximum atomic E-state index is 13.4. The predicted octanol–water partition coefficient (Wildman–Crippen LogP) is 6.55. The Bertz CT molecular complexity index is 860. The Kier molecular flexibility index (Phi) is 7.50. The van der Waals surface area contributed by atoms with Crippen molar-refractivity contribution in [3.05, 3.63) is 70.5 Å². The van der Waals surface area contributed by atoms with Crippen molar-refractivity contribution in [2.75, 3.05) is 13.6 Å². The van der Waals surface area contributed by atoms with E-state index in [0.717, 1.165) is 18.5 Å². The lowest BCUT2D eigenvalue weighted by Crippen LogP contribution is -2.33. The normalized spacial score (nSPS) is 22.2. The Morgan fingerprint density at radius 3 is 2.03 bits per heavy atom. The Labute approximate surface area is 181 Å². The van der Waals surface area contributed by atoms with Crippen LogP contribution in [-0.2, 0) is 23.7 Å². The molecule has 3 rings (SSSR count). The number of ether oxygens (including phenoxy) is 1. The summed E-state index contributed by atoms with van der Waals surface area (Å²) in [5, 5.41) is 3.12. The van der Waals surface area contributed by atoms with Crippen molar-refractivity contribution in [2.24, 2.45) is 5.92 Å². The average molecular weight is 463 g/mol. The summed E-state index contributed by atoms with van der Waals surface area (Å²) in [6, 6.07) is 7.43. The molecule has 176 valence electrons. The van der Waals surface area contributed by atoms with Gasteiger partial charge in [-0.1, -0.05) is 12.1 Å². The molecular formula is C23H24F7NO. The van der Waals surface area contributed by atoms with Crippen molar-refractivity contribution >= 4 is 0 Å². The van der Waals surface area contributed by atoms with Gasteiger partial charge in [-0.25, -0.2) is 4.39 Å². The third-order valence-corrected chi connectivity index (χ3v) is 5.80. The zero-order chi connectivity index (χ0) is 23.5. The molecule has 0 radical (unpaired) electrons. The van der Waals surface area contributed by atoms with E-state index >= 15 is 0 Å². The van der Waals surface area contributed by atoms with Crippen LogP contribution in [0.2, 0.25) is 0 Å². The number of halogens is 7. The van der Waals surface area contributed by atoms with Crippen LogP contribution in [0.3, 0.4) is 0 Å². The van der Waals surface area contributed by atoms with Crippen LogP contribution in [0.1, 0.15) is 47.4 Å². The molecule has 1 fully saturated rings. The summed E-state index contributed by atoms with van der Waals surface area (Å²) in [5.41, 5.74) is -2.09. The second kappa shape index (κ2) is 9.79. The van der Waals surface area contributed by atoms with Gasteiger partial charge in [-0.05, 0) is 80.2 Å². The number of hydrogen-bond donors (Lipinski definition) is 1. The molecule has 0 bridgehead atoms. The first-order chi connectivity index (χ1) is 15.0. The summed E-state index contributed by atoms with van der Waals surface area (Å²) >= 11 is 0. The molecule has 0 spiro atoms. The highest BCUT2D eigenvalue weighted by Crippen LogP contribution is 2.40. The summed E-state index contributed by atoms with van der Waals surface area (Å²) < 4.78 is 97.9. The van der Waals surface area contributed by atoms with Gasteiger partial charge in [0.25, 0.3) is 0 Å². The Hall–Kier alpha value is -2.13. The fourth-order valence-corrected chi connectivity index (χ4v) is 4.27. The van der Waals surface area contributed by atoms with Crippen molar-refractivity contribution in [3.63, 3.8) is 0 Å². The van der Waals surface area contributed by atoms with Crippen molar-refractivity contribution in [1.29, 1.82) is 0 Å². The summed E-state index contributed by atoms with van der Waals surface area (Å²) in [5.74, 6) is -0.201. The van der Waals surface area contributed by atoms with Gasteiger partial charge >= 0.3 is 12.4 Å². The zero-order valence-corrected chi connectivity index (χ0v) is 17.4. The summed E-state index contributed by atoms with van der Waals surface area (Å²) in [6.45, 7) is 0.388. The highest BCUT2D eigenvalue weighted by atomic mass is 19.4. The summed E-state index contributed by atoms with van der Waals surface area (Å²) in [6.07, 6.45) is -8.10. The third-order valence-electron chi connectivity index (χ3n) is 5.80. The van der Waals surface area contributed by atoms with Crippen LogP contribution in [-0.4, -0.2) is 19.7 Å². The number of nitrogens with one attached hydrogen (secondary N) is 1. The minimum absolute atomic E-state index is 0.105. The van der Waals surface area contributed by atoms with E-state index in [0.29, 0.717) is 30.9 Å². The molecule has 1 N–H and O–H groups in total. The van der Waals surface area contributed by atoms with Crippen LogP contribution in [0.5, 0.6) is 0 Å². The Morgan fingerprint density at radius 2 is 1.50 bits per heavy atom. The Balaban J connectivity index is 1.82. The van der Waals surface area contributed by atoms with Gasteiger partial charge < -0.3 is 10.1 Å². The van der Waals surface area contributed by atoms with Crippen molar-refractivity contribution < 1.29 is 35.5 Å². The lowest BCUT2D eigenvalue weighted by molar-refractivity contribution is -0.143. The van der Waals surface area contributed by atoms with E-state index in [1.807, 2.05) is 7.05 Å². The molecule has 0 saturated heterocycles. The van der Waals surface area contributed by atoms with Crippen molar-refractivity contribution in [1.82, 2.24) is 5.32 Å². The fourth-order valence-electron chi connectivity index (χ4n) is 4.27. The Morgan fingerprint density at radius 1 is 0.906 bits per heavy atom. The van der Waals surface area contributed by atoms with Gasteiger partial charge in [0.05, 0.1) is 23.8 Å². The van der Waals surface area contributed by atoms with Crippen LogP contribution in [0.15, 0.2) is 42.5 Å². The molecule has 0 aromatic heterocycles. The standard InChI is InChI=1S/C23H24F7NO/c1-31-12-14-2-7-21(20(10-14)16-3-5-19(24)6-4-16)32-13-15-8-17(22(25,26)27)11-18(9-15)23(28,29)30/h3-6,8-9,11,14,20-21,31H,2,7,10,12-13H2,1H3/t14-,20-,21+/m1/s1.